The first-order valence-corrected chi connectivity index (χ1v) is 7.12. The van der Waals surface area contributed by atoms with Gasteiger partial charge in [0.05, 0.1) is 0 Å². The molecule has 0 radical (unpaired) electrons. The van der Waals surface area contributed by atoms with E-state index in [1.54, 1.807) is 6.20 Å². The van der Waals surface area contributed by atoms with E-state index in [9.17, 15) is 5.11 Å². The third kappa shape index (κ3) is 5.16. The zero-order valence-electron chi connectivity index (χ0n) is 11.9. The standard InChI is InChI=1S/C16H24N2O.ClH/c1-2-18(13-15-9-5-3-6-10-15)16(19)14-17-11-7-4-8-12-17;/h2-3,5-6,9-10,16,19H,1,4,7-8,11-14H2;1H. The highest BCUT2D eigenvalue weighted by Gasteiger charge is 2.18. The minimum absolute atomic E-state index is 0. The predicted molar refractivity (Wildman–Crippen MR) is 85.7 cm³/mol. The molecule has 2 rings (SSSR count). The van der Waals surface area contributed by atoms with Crippen LogP contribution in [0.5, 0.6) is 0 Å². The summed E-state index contributed by atoms with van der Waals surface area (Å²) >= 11 is 0. The molecule has 0 amide bonds. The molecule has 1 N–H and O–H groups in total. The van der Waals surface area contributed by atoms with Crippen molar-refractivity contribution in [3.8, 4) is 0 Å². The molecular formula is C16H25ClN2O. The molecule has 1 atom stereocenters. The van der Waals surface area contributed by atoms with Gasteiger partial charge in [0, 0.05) is 13.1 Å². The Kier molecular flexibility index (Phi) is 7.67. The Morgan fingerprint density at radius 3 is 2.45 bits per heavy atom. The van der Waals surface area contributed by atoms with Gasteiger partial charge in [0.1, 0.15) is 6.23 Å². The summed E-state index contributed by atoms with van der Waals surface area (Å²) in [5.74, 6) is 0. The maximum Gasteiger partial charge on any atom is 0.139 e. The van der Waals surface area contributed by atoms with Gasteiger partial charge in [-0.3, -0.25) is 4.90 Å². The minimum Gasteiger partial charge on any atom is -0.372 e. The lowest BCUT2D eigenvalue weighted by Gasteiger charge is -2.33. The highest BCUT2D eigenvalue weighted by Crippen LogP contribution is 2.12. The maximum absolute atomic E-state index is 10.3. The molecule has 0 saturated carbocycles. The first-order chi connectivity index (χ1) is 9.29. The van der Waals surface area contributed by atoms with Gasteiger partial charge in [0.25, 0.3) is 0 Å². The Bertz CT molecular complexity index is 379. The van der Waals surface area contributed by atoms with Crippen molar-refractivity contribution >= 4 is 12.4 Å². The van der Waals surface area contributed by atoms with E-state index in [-0.39, 0.29) is 12.4 Å². The summed E-state index contributed by atoms with van der Waals surface area (Å²) < 4.78 is 0. The number of hydrogen-bond acceptors (Lipinski definition) is 3. The summed E-state index contributed by atoms with van der Waals surface area (Å²) in [5.41, 5.74) is 1.19. The van der Waals surface area contributed by atoms with Gasteiger partial charge in [-0.25, -0.2) is 0 Å². The first-order valence-electron chi connectivity index (χ1n) is 7.12. The fourth-order valence-corrected chi connectivity index (χ4v) is 2.56. The number of benzene rings is 1. The van der Waals surface area contributed by atoms with Gasteiger partial charge in [-0.05, 0) is 37.7 Å². The van der Waals surface area contributed by atoms with Gasteiger partial charge < -0.3 is 10.0 Å². The second kappa shape index (κ2) is 9.01. The number of rotatable bonds is 6. The maximum atomic E-state index is 10.3. The number of halogens is 1. The number of nitrogens with zero attached hydrogens (tertiary/aromatic N) is 2. The van der Waals surface area contributed by atoms with Crippen molar-refractivity contribution in [3.05, 3.63) is 48.7 Å². The summed E-state index contributed by atoms with van der Waals surface area (Å²) in [5, 5.41) is 10.3. The Labute approximate surface area is 128 Å². The quantitative estimate of drug-likeness (QED) is 0.818. The van der Waals surface area contributed by atoms with Gasteiger partial charge in [-0.15, -0.1) is 12.4 Å². The normalized spacial score (nSPS) is 17.1. The van der Waals surface area contributed by atoms with E-state index in [4.69, 9.17) is 0 Å². The largest absolute Gasteiger partial charge is 0.372 e. The zero-order valence-corrected chi connectivity index (χ0v) is 12.8. The van der Waals surface area contributed by atoms with Crippen LogP contribution in [-0.4, -0.2) is 40.8 Å². The van der Waals surface area contributed by atoms with Crippen LogP contribution in [0.4, 0.5) is 0 Å². The second-order valence-electron chi connectivity index (χ2n) is 5.18. The van der Waals surface area contributed by atoms with Crippen molar-refractivity contribution < 1.29 is 5.11 Å². The molecule has 1 aliphatic rings. The number of piperidine rings is 1. The highest BCUT2D eigenvalue weighted by molar-refractivity contribution is 5.85. The Hall–Kier alpha value is -1.03. The van der Waals surface area contributed by atoms with Crippen LogP contribution in [0.15, 0.2) is 43.1 Å². The minimum atomic E-state index is -0.476. The number of hydrogen-bond donors (Lipinski definition) is 1. The van der Waals surface area contributed by atoms with Gasteiger partial charge in [0.15, 0.2) is 0 Å². The topological polar surface area (TPSA) is 26.7 Å². The van der Waals surface area contributed by atoms with Crippen molar-refractivity contribution in [1.82, 2.24) is 9.80 Å². The van der Waals surface area contributed by atoms with E-state index in [0.29, 0.717) is 13.1 Å². The molecule has 1 fully saturated rings. The SMILES string of the molecule is C=CN(Cc1ccccc1)C(O)CN1CCCCC1.Cl. The molecule has 0 spiro atoms. The number of aliphatic hydroxyl groups excluding tert-OH is 1. The molecule has 1 aromatic rings. The Balaban J connectivity index is 0.00000200. The van der Waals surface area contributed by atoms with Crippen LogP contribution in [0.2, 0.25) is 0 Å². The molecule has 4 heteroatoms. The molecule has 0 bridgehead atoms. The van der Waals surface area contributed by atoms with E-state index < -0.39 is 6.23 Å². The number of β-amino-alcohol motifs (C(OH)–C–C–N with tert-alkyl or cyclic N) is 1. The van der Waals surface area contributed by atoms with E-state index >= 15 is 0 Å². The number of aliphatic hydroxyl groups is 1. The van der Waals surface area contributed by atoms with Crippen LogP contribution in [0.3, 0.4) is 0 Å². The predicted octanol–water partition coefficient (Wildman–Crippen LogP) is 2.86. The molecular weight excluding hydrogens is 272 g/mol. The first kappa shape index (κ1) is 17.0. The van der Waals surface area contributed by atoms with Crippen molar-refractivity contribution in [2.24, 2.45) is 0 Å². The van der Waals surface area contributed by atoms with Crippen molar-refractivity contribution in [2.75, 3.05) is 19.6 Å². The average molecular weight is 297 g/mol. The van der Waals surface area contributed by atoms with Gasteiger partial charge in [-0.1, -0.05) is 43.3 Å². The van der Waals surface area contributed by atoms with E-state index in [1.165, 1.54) is 24.8 Å². The van der Waals surface area contributed by atoms with Crippen LogP contribution in [-0.2, 0) is 6.54 Å². The third-order valence-corrected chi connectivity index (χ3v) is 3.70. The lowest BCUT2D eigenvalue weighted by Crippen LogP contribution is -2.43. The van der Waals surface area contributed by atoms with Gasteiger partial charge in [-0.2, -0.15) is 0 Å². The third-order valence-electron chi connectivity index (χ3n) is 3.70. The highest BCUT2D eigenvalue weighted by atomic mass is 35.5. The van der Waals surface area contributed by atoms with Gasteiger partial charge in [0.2, 0.25) is 0 Å². The molecule has 3 nitrogen and oxygen atoms in total. The molecule has 1 aliphatic heterocycles. The van der Waals surface area contributed by atoms with E-state index in [0.717, 1.165) is 13.1 Å². The summed E-state index contributed by atoms with van der Waals surface area (Å²) in [4.78, 5) is 4.25. The monoisotopic (exact) mass is 296 g/mol. The van der Waals surface area contributed by atoms with Crippen molar-refractivity contribution in [2.45, 2.75) is 32.0 Å². The summed E-state index contributed by atoms with van der Waals surface area (Å²) in [7, 11) is 0. The number of likely N-dealkylation sites (tertiary alicyclic amines) is 1. The van der Waals surface area contributed by atoms with Crippen LogP contribution in [0.1, 0.15) is 24.8 Å². The van der Waals surface area contributed by atoms with Gasteiger partial charge >= 0.3 is 0 Å². The van der Waals surface area contributed by atoms with E-state index in [2.05, 4.69) is 23.6 Å². The van der Waals surface area contributed by atoms with Crippen molar-refractivity contribution in [1.29, 1.82) is 0 Å². The summed E-state index contributed by atoms with van der Waals surface area (Å²) in [6.07, 6.45) is 5.08. The smallest absolute Gasteiger partial charge is 0.139 e. The Morgan fingerprint density at radius 1 is 1.20 bits per heavy atom. The summed E-state index contributed by atoms with van der Waals surface area (Å²) in [6, 6.07) is 10.2. The zero-order chi connectivity index (χ0) is 13.5. The molecule has 0 aliphatic carbocycles. The Morgan fingerprint density at radius 2 is 1.85 bits per heavy atom. The molecule has 1 heterocycles. The molecule has 1 saturated heterocycles. The molecule has 0 aromatic heterocycles. The lowest BCUT2D eigenvalue weighted by atomic mass is 10.1. The lowest BCUT2D eigenvalue weighted by molar-refractivity contribution is -0.00124. The van der Waals surface area contributed by atoms with Crippen molar-refractivity contribution in [3.63, 3.8) is 0 Å². The van der Waals surface area contributed by atoms with Crippen LogP contribution in [0, 0.1) is 0 Å². The fraction of sp³-hybridized carbons (Fsp3) is 0.500. The van der Waals surface area contributed by atoms with Crippen LogP contribution < -0.4 is 0 Å². The second-order valence-corrected chi connectivity index (χ2v) is 5.18. The van der Waals surface area contributed by atoms with Crippen LogP contribution in [0.25, 0.3) is 0 Å². The van der Waals surface area contributed by atoms with E-state index in [1.807, 2.05) is 23.1 Å². The molecule has 1 aromatic carbocycles. The molecule has 112 valence electrons. The summed E-state index contributed by atoms with van der Waals surface area (Å²) in [6.45, 7) is 7.44. The average Bonchev–Trinajstić information content (AvgIpc) is 2.47. The molecule has 20 heavy (non-hydrogen) atoms. The fourth-order valence-electron chi connectivity index (χ4n) is 2.56. The van der Waals surface area contributed by atoms with Crippen LogP contribution >= 0.6 is 12.4 Å². The molecule has 1 unspecified atom stereocenters.